The number of benzene rings is 2. The summed E-state index contributed by atoms with van der Waals surface area (Å²) in [7, 11) is 1.59. The standard InChI is InChI=1S/C15H10BrClO3S/c16-8-7-9-5-6-11-10-3-1-2-4-12(10)14(18)13(11)15(9)21(17,19)20/h1-6H,7-8H2. The quantitative estimate of drug-likeness (QED) is 0.509. The van der Waals surface area contributed by atoms with Crippen LogP contribution in [-0.4, -0.2) is 19.5 Å². The molecular formula is C15H10BrClO3S. The van der Waals surface area contributed by atoms with E-state index in [2.05, 4.69) is 15.9 Å². The number of carbonyl (C=O) groups excluding carboxylic acids is 1. The molecule has 1 aliphatic rings. The van der Waals surface area contributed by atoms with E-state index < -0.39 is 9.05 Å². The minimum atomic E-state index is -4.00. The largest absolute Gasteiger partial charge is 0.289 e. The van der Waals surface area contributed by atoms with Crippen molar-refractivity contribution in [1.29, 1.82) is 0 Å². The molecule has 3 nitrogen and oxygen atoms in total. The van der Waals surface area contributed by atoms with Gasteiger partial charge in [0.2, 0.25) is 0 Å². The molecule has 21 heavy (non-hydrogen) atoms. The molecule has 3 rings (SSSR count). The van der Waals surface area contributed by atoms with Crippen LogP contribution >= 0.6 is 26.6 Å². The second kappa shape index (κ2) is 5.23. The van der Waals surface area contributed by atoms with Crippen molar-refractivity contribution in [2.24, 2.45) is 0 Å². The van der Waals surface area contributed by atoms with Gasteiger partial charge in [-0.15, -0.1) is 0 Å². The molecule has 2 aromatic carbocycles. The maximum atomic E-state index is 12.6. The first-order valence-electron chi connectivity index (χ1n) is 6.25. The first-order valence-corrected chi connectivity index (χ1v) is 9.69. The highest BCUT2D eigenvalue weighted by atomic mass is 79.9. The minimum Gasteiger partial charge on any atom is -0.289 e. The number of halogens is 2. The molecule has 0 amide bonds. The van der Waals surface area contributed by atoms with Gasteiger partial charge in [-0.1, -0.05) is 52.3 Å². The van der Waals surface area contributed by atoms with E-state index in [1.54, 1.807) is 24.3 Å². The second-order valence-electron chi connectivity index (χ2n) is 4.73. The third kappa shape index (κ3) is 2.33. The summed E-state index contributed by atoms with van der Waals surface area (Å²) in [5, 5.41) is 0.590. The van der Waals surface area contributed by atoms with Crippen LogP contribution in [0.25, 0.3) is 11.1 Å². The Balaban J connectivity index is 2.39. The Morgan fingerprint density at radius 1 is 1.00 bits per heavy atom. The van der Waals surface area contributed by atoms with Gasteiger partial charge in [-0.3, -0.25) is 4.79 Å². The molecule has 0 aliphatic heterocycles. The lowest BCUT2D eigenvalue weighted by molar-refractivity contribution is 0.104. The van der Waals surface area contributed by atoms with Crippen LogP contribution < -0.4 is 0 Å². The molecule has 2 aromatic rings. The molecule has 6 heteroatoms. The molecule has 0 heterocycles. The van der Waals surface area contributed by atoms with Crippen molar-refractivity contribution in [3.63, 3.8) is 0 Å². The van der Waals surface area contributed by atoms with Crippen LogP contribution in [0.3, 0.4) is 0 Å². The van der Waals surface area contributed by atoms with Crippen LogP contribution in [0.1, 0.15) is 21.5 Å². The van der Waals surface area contributed by atoms with Gasteiger partial charge in [0, 0.05) is 21.6 Å². The Hall–Kier alpha value is -1.17. The molecule has 0 atom stereocenters. The van der Waals surface area contributed by atoms with Crippen molar-refractivity contribution >= 4 is 41.4 Å². The Labute approximate surface area is 135 Å². The Bertz CT molecular complexity index is 859. The summed E-state index contributed by atoms with van der Waals surface area (Å²) < 4.78 is 24.0. The van der Waals surface area contributed by atoms with Gasteiger partial charge in [0.05, 0.1) is 10.5 Å². The van der Waals surface area contributed by atoms with Crippen LogP contribution in [0.5, 0.6) is 0 Å². The number of fused-ring (bicyclic) bond motifs is 3. The van der Waals surface area contributed by atoms with Crippen molar-refractivity contribution in [2.45, 2.75) is 11.3 Å². The normalized spacial score (nSPS) is 13.1. The molecular weight excluding hydrogens is 376 g/mol. The highest BCUT2D eigenvalue weighted by Gasteiger charge is 2.34. The van der Waals surface area contributed by atoms with Gasteiger partial charge < -0.3 is 0 Å². The molecule has 1 aliphatic carbocycles. The van der Waals surface area contributed by atoms with Crippen molar-refractivity contribution in [2.75, 3.05) is 5.33 Å². The number of hydrogen-bond acceptors (Lipinski definition) is 3. The number of rotatable bonds is 3. The molecule has 0 fully saturated rings. The fraction of sp³-hybridized carbons (Fsp3) is 0.133. The van der Waals surface area contributed by atoms with Gasteiger partial charge in [0.15, 0.2) is 5.78 Å². The van der Waals surface area contributed by atoms with Crippen LogP contribution in [0.2, 0.25) is 0 Å². The Kier molecular flexibility index (Phi) is 3.67. The van der Waals surface area contributed by atoms with E-state index in [1.807, 2.05) is 12.1 Å². The molecule has 0 N–H and O–H groups in total. The monoisotopic (exact) mass is 384 g/mol. The first kappa shape index (κ1) is 14.8. The van der Waals surface area contributed by atoms with Gasteiger partial charge in [-0.2, -0.15) is 0 Å². The van der Waals surface area contributed by atoms with Gasteiger partial charge in [0.1, 0.15) is 0 Å². The summed E-state index contributed by atoms with van der Waals surface area (Å²) in [6.45, 7) is 0. The molecule has 0 unspecified atom stereocenters. The van der Waals surface area contributed by atoms with E-state index in [4.69, 9.17) is 10.7 Å². The lowest BCUT2D eigenvalue weighted by atomic mass is 10.0. The summed E-state index contributed by atoms with van der Waals surface area (Å²) in [4.78, 5) is 12.5. The average Bonchev–Trinajstić information content (AvgIpc) is 2.72. The number of carbonyl (C=O) groups is 1. The van der Waals surface area contributed by atoms with E-state index in [0.717, 1.165) is 5.56 Å². The molecule has 0 aromatic heterocycles. The maximum absolute atomic E-state index is 12.6. The first-order chi connectivity index (χ1) is 9.95. The number of hydrogen-bond donors (Lipinski definition) is 0. The third-order valence-electron chi connectivity index (χ3n) is 3.54. The highest BCUT2D eigenvalue weighted by Crippen LogP contribution is 2.41. The lowest BCUT2D eigenvalue weighted by Crippen LogP contribution is -2.08. The van der Waals surface area contributed by atoms with Crippen LogP contribution in [0, 0.1) is 0 Å². The zero-order valence-electron chi connectivity index (χ0n) is 10.8. The predicted molar refractivity (Wildman–Crippen MR) is 85.8 cm³/mol. The van der Waals surface area contributed by atoms with Crippen molar-refractivity contribution in [1.82, 2.24) is 0 Å². The lowest BCUT2D eigenvalue weighted by Gasteiger charge is -2.10. The van der Waals surface area contributed by atoms with E-state index in [-0.39, 0.29) is 16.2 Å². The van der Waals surface area contributed by atoms with Crippen molar-refractivity contribution < 1.29 is 13.2 Å². The summed E-state index contributed by atoms with van der Waals surface area (Å²) in [6.07, 6.45) is 0.484. The highest BCUT2D eigenvalue weighted by molar-refractivity contribution is 9.09. The SMILES string of the molecule is O=C1c2ccccc2-c2ccc(CCBr)c(S(=O)(=O)Cl)c21. The zero-order valence-corrected chi connectivity index (χ0v) is 13.9. The average molecular weight is 386 g/mol. The summed E-state index contributed by atoms with van der Waals surface area (Å²) in [5.41, 5.74) is 2.66. The number of alkyl halides is 1. The summed E-state index contributed by atoms with van der Waals surface area (Å²) in [5.74, 6) is -0.281. The molecule has 0 saturated heterocycles. The van der Waals surface area contributed by atoms with E-state index >= 15 is 0 Å². The topological polar surface area (TPSA) is 51.2 Å². The fourth-order valence-corrected chi connectivity index (χ4v) is 4.59. The maximum Gasteiger partial charge on any atom is 0.262 e. The summed E-state index contributed by atoms with van der Waals surface area (Å²) >= 11 is 3.29. The van der Waals surface area contributed by atoms with Gasteiger partial charge >= 0.3 is 0 Å². The van der Waals surface area contributed by atoms with Crippen LogP contribution in [0.15, 0.2) is 41.3 Å². The van der Waals surface area contributed by atoms with Crippen molar-refractivity contribution in [3.8, 4) is 11.1 Å². The van der Waals surface area contributed by atoms with Crippen LogP contribution in [0.4, 0.5) is 0 Å². The van der Waals surface area contributed by atoms with Crippen LogP contribution in [-0.2, 0) is 15.5 Å². The Morgan fingerprint density at radius 2 is 1.67 bits per heavy atom. The Morgan fingerprint density at radius 3 is 2.29 bits per heavy atom. The van der Waals surface area contributed by atoms with E-state index in [9.17, 15) is 13.2 Å². The summed E-state index contributed by atoms with van der Waals surface area (Å²) in [6, 6.07) is 10.6. The molecule has 0 bridgehead atoms. The van der Waals surface area contributed by atoms with Crippen molar-refractivity contribution in [3.05, 3.63) is 53.1 Å². The number of aryl methyl sites for hydroxylation is 1. The second-order valence-corrected chi connectivity index (χ2v) is 8.02. The minimum absolute atomic E-state index is 0.0534. The molecule has 0 spiro atoms. The van der Waals surface area contributed by atoms with E-state index in [0.29, 0.717) is 28.4 Å². The van der Waals surface area contributed by atoms with E-state index in [1.165, 1.54) is 0 Å². The fourth-order valence-electron chi connectivity index (χ4n) is 2.70. The smallest absolute Gasteiger partial charge is 0.262 e. The zero-order chi connectivity index (χ0) is 15.2. The predicted octanol–water partition coefficient (Wildman–Crippen LogP) is 3.76. The third-order valence-corrected chi connectivity index (χ3v) is 5.35. The van der Waals surface area contributed by atoms with Gasteiger partial charge in [-0.25, -0.2) is 8.42 Å². The van der Waals surface area contributed by atoms with Gasteiger partial charge in [0.25, 0.3) is 9.05 Å². The molecule has 0 saturated carbocycles. The number of ketones is 1. The molecule has 0 radical (unpaired) electrons. The molecule has 108 valence electrons. The van der Waals surface area contributed by atoms with Gasteiger partial charge in [-0.05, 0) is 23.1 Å².